The molecule has 9 nitrogen and oxygen atoms in total. The number of carbonyl (C=O) groups is 2. The summed E-state index contributed by atoms with van der Waals surface area (Å²) in [5, 5.41) is 7.07. The largest absolute Gasteiger partial charge is 0.375 e. The predicted octanol–water partition coefficient (Wildman–Crippen LogP) is 2.91. The van der Waals surface area contributed by atoms with Crippen LogP contribution < -0.4 is 5.32 Å². The summed E-state index contributed by atoms with van der Waals surface area (Å²) in [6.45, 7) is 1.15. The molecule has 4 rings (SSSR count). The molecule has 0 fully saturated rings. The summed E-state index contributed by atoms with van der Waals surface area (Å²) in [5.74, 6) is -0.434. The van der Waals surface area contributed by atoms with Crippen molar-refractivity contribution >= 4 is 28.5 Å². The first-order valence-corrected chi connectivity index (χ1v) is 11.5. The van der Waals surface area contributed by atoms with Crippen LogP contribution in [0, 0.1) is 0 Å². The van der Waals surface area contributed by atoms with Crippen molar-refractivity contribution in [3.8, 4) is 0 Å². The fraction of sp³-hybridized carbons (Fsp3) is 0.308. The van der Waals surface area contributed by atoms with E-state index in [1.807, 2.05) is 36.0 Å². The fourth-order valence-electron chi connectivity index (χ4n) is 4.03. The Morgan fingerprint density at radius 2 is 1.91 bits per heavy atom. The molecule has 182 valence electrons. The van der Waals surface area contributed by atoms with Crippen molar-refractivity contribution < 1.29 is 14.3 Å². The third kappa shape index (κ3) is 5.93. The quantitative estimate of drug-likeness (QED) is 0.381. The highest BCUT2D eigenvalue weighted by Crippen LogP contribution is 2.26. The van der Waals surface area contributed by atoms with E-state index < -0.39 is 0 Å². The maximum Gasteiger partial charge on any atom is 0.253 e. The van der Waals surface area contributed by atoms with E-state index in [4.69, 9.17) is 4.74 Å². The van der Waals surface area contributed by atoms with Gasteiger partial charge in [0.2, 0.25) is 5.91 Å². The molecule has 0 bridgehead atoms. The molecule has 0 aliphatic carbocycles. The highest BCUT2D eigenvalue weighted by atomic mass is 16.5. The van der Waals surface area contributed by atoms with E-state index in [-0.39, 0.29) is 18.4 Å². The Hall–Kier alpha value is -3.98. The molecule has 2 aromatic carbocycles. The first-order chi connectivity index (χ1) is 16.9. The third-order valence-electron chi connectivity index (χ3n) is 5.83. The van der Waals surface area contributed by atoms with Crippen molar-refractivity contribution in [3.63, 3.8) is 0 Å². The molecule has 0 aliphatic rings. The molecule has 9 heteroatoms. The van der Waals surface area contributed by atoms with Crippen LogP contribution in [0.4, 0.5) is 5.69 Å². The van der Waals surface area contributed by atoms with Crippen molar-refractivity contribution in [1.29, 1.82) is 0 Å². The number of aryl methyl sites for hydroxylation is 3. The second kappa shape index (κ2) is 11.0. The van der Waals surface area contributed by atoms with E-state index in [2.05, 4.69) is 27.5 Å². The molecule has 2 amide bonds. The van der Waals surface area contributed by atoms with Crippen LogP contribution in [0.2, 0.25) is 0 Å². The van der Waals surface area contributed by atoms with Crippen LogP contribution in [0.25, 0.3) is 11.0 Å². The molecule has 2 aromatic heterocycles. The lowest BCUT2D eigenvalue weighted by molar-refractivity contribution is -0.119. The van der Waals surface area contributed by atoms with Gasteiger partial charge in [0.05, 0.1) is 29.2 Å². The Morgan fingerprint density at radius 1 is 1.11 bits per heavy atom. The predicted molar refractivity (Wildman–Crippen MR) is 134 cm³/mol. The molecule has 0 saturated heterocycles. The number of hydrogen-bond donors (Lipinski definition) is 1. The average Bonchev–Trinajstić information content (AvgIpc) is 3.47. The van der Waals surface area contributed by atoms with Crippen LogP contribution >= 0.6 is 0 Å². The molecule has 0 radical (unpaired) electrons. The minimum atomic E-state index is -0.292. The summed E-state index contributed by atoms with van der Waals surface area (Å²) in [6, 6.07) is 13.7. The van der Waals surface area contributed by atoms with Gasteiger partial charge in [0.15, 0.2) is 0 Å². The molecule has 0 unspecified atom stereocenters. The van der Waals surface area contributed by atoms with Gasteiger partial charge >= 0.3 is 0 Å². The van der Waals surface area contributed by atoms with E-state index in [9.17, 15) is 9.59 Å². The lowest BCUT2D eigenvalue weighted by Crippen LogP contribution is -2.29. The summed E-state index contributed by atoms with van der Waals surface area (Å²) >= 11 is 0. The van der Waals surface area contributed by atoms with Crippen molar-refractivity contribution in [3.05, 3.63) is 77.9 Å². The summed E-state index contributed by atoms with van der Waals surface area (Å²) < 4.78 is 8.73. The molecule has 35 heavy (non-hydrogen) atoms. The monoisotopic (exact) mass is 474 g/mol. The number of hydrogen-bond acceptors (Lipinski definition) is 5. The van der Waals surface area contributed by atoms with Gasteiger partial charge in [0.1, 0.15) is 6.61 Å². The van der Waals surface area contributed by atoms with Crippen molar-refractivity contribution in [2.45, 2.75) is 19.4 Å². The third-order valence-corrected chi connectivity index (χ3v) is 5.83. The van der Waals surface area contributed by atoms with Crippen LogP contribution in [0.5, 0.6) is 0 Å². The van der Waals surface area contributed by atoms with Crippen LogP contribution in [0.1, 0.15) is 21.5 Å². The summed E-state index contributed by atoms with van der Waals surface area (Å²) in [6.07, 6.45) is 7.01. The lowest BCUT2D eigenvalue weighted by atomic mass is 10.1. The number of imidazole rings is 1. The summed E-state index contributed by atoms with van der Waals surface area (Å²) in [7, 11) is 5.10. The minimum absolute atomic E-state index is 0.0805. The number of nitrogens with one attached hydrogen (secondary N) is 1. The van der Waals surface area contributed by atoms with E-state index in [0.29, 0.717) is 36.3 Å². The second-order valence-corrected chi connectivity index (χ2v) is 8.55. The number of benzene rings is 2. The van der Waals surface area contributed by atoms with Crippen LogP contribution in [0.3, 0.4) is 0 Å². The molecule has 0 spiro atoms. The number of likely N-dealkylation sites (N-methyl/N-ethyl adjacent to an activating group) is 1. The topological polar surface area (TPSA) is 94.3 Å². The van der Waals surface area contributed by atoms with Crippen molar-refractivity contribution in [2.75, 3.05) is 32.6 Å². The lowest BCUT2D eigenvalue weighted by Gasteiger charge is -2.18. The Morgan fingerprint density at radius 3 is 2.63 bits per heavy atom. The molecular weight excluding hydrogens is 444 g/mol. The van der Waals surface area contributed by atoms with Gasteiger partial charge in [-0.05, 0) is 36.1 Å². The second-order valence-electron chi connectivity index (χ2n) is 8.55. The first kappa shape index (κ1) is 24.2. The first-order valence-electron chi connectivity index (χ1n) is 11.5. The maximum atomic E-state index is 13.2. The van der Waals surface area contributed by atoms with E-state index >= 15 is 0 Å². The van der Waals surface area contributed by atoms with Crippen molar-refractivity contribution in [2.24, 2.45) is 7.05 Å². The number of fused-ring (bicyclic) bond motifs is 1. The van der Waals surface area contributed by atoms with Gasteiger partial charge in [-0.3, -0.25) is 14.3 Å². The smallest absolute Gasteiger partial charge is 0.253 e. The van der Waals surface area contributed by atoms with Gasteiger partial charge in [-0.2, -0.15) is 5.10 Å². The Kier molecular flexibility index (Phi) is 7.57. The molecule has 0 saturated carbocycles. The highest BCUT2D eigenvalue weighted by molar-refractivity contribution is 6.05. The van der Waals surface area contributed by atoms with Gasteiger partial charge in [-0.25, -0.2) is 4.98 Å². The highest BCUT2D eigenvalue weighted by Gasteiger charge is 2.19. The number of anilines is 1. The van der Waals surface area contributed by atoms with Gasteiger partial charge < -0.3 is 19.5 Å². The number of nitrogens with zero attached hydrogens (tertiary/aromatic N) is 5. The SMILES string of the molecule is COCC(=O)Nc1cc(C(=O)N(C)CCc2cnn(C)c2)cc2ncn(CCc3ccccc3)c12. The Bertz CT molecular complexity index is 1310. The molecule has 1 N–H and O–H groups in total. The van der Waals surface area contributed by atoms with Gasteiger partial charge in [-0.1, -0.05) is 30.3 Å². The van der Waals surface area contributed by atoms with Crippen LogP contribution in [-0.4, -0.2) is 63.4 Å². The Labute approximate surface area is 204 Å². The number of ether oxygens (including phenoxy) is 1. The minimum Gasteiger partial charge on any atom is -0.375 e. The number of carbonyl (C=O) groups excluding carboxylic acids is 2. The standard InChI is InChI=1S/C26H30N6O3/c1-30(11-9-20-15-28-31(2)16-20)26(34)21-13-22-25(23(14-21)29-24(33)17-35-3)32(18-27-22)12-10-19-7-5-4-6-8-19/h4-8,13-16,18H,9-12,17H2,1-3H3,(H,29,33). The zero-order valence-corrected chi connectivity index (χ0v) is 20.3. The van der Waals surface area contributed by atoms with Crippen molar-refractivity contribution in [1.82, 2.24) is 24.2 Å². The van der Waals surface area contributed by atoms with Crippen LogP contribution in [-0.2, 0) is 36.0 Å². The van der Waals surface area contributed by atoms with Gasteiger partial charge in [-0.15, -0.1) is 0 Å². The molecular formula is C26H30N6O3. The van der Waals surface area contributed by atoms with E-state index in [1.165, 1.54) is 12.7 Å². The average molecular weight is 475 g/mol. The Balaban J connectivity index is 1.59. The zero-order valence-electron chi connectivity index (χ0n) is 20.3. The number of rotatable bonds is 10. The normalized spacial score (nSPS) is 11.1. The zero-order chi connectivity index (χ0) is 24.8. The van der Waals surface area contributed by atoms with Gasteiger partial charge in [0.25, 0.3) is 5.91 Å². The van der Waals surface area contributed by atoms with E-state index in [1.54, 1.807) is 41.3 Å². The molecule has 4 aromatic rings. The van der Waals surface area contributed by atoms with Crippen LogP contribution in [0.15, 0.2) is 61.2 Å². The number of methoxy groups -OCH3 is 1. The number of amides is 2. The van der Waals surface area contributed by atoms with E-state index in [0.717, 1.165) is 17.5 Å². The molecule has 0 atom stereocenters. The summed E-state index contributed by atoms with van der Waals surface area (Å²) in [5.41, 5.74) is 4.71. The molecule has 2 heterocycles. The number of aromatic nitrogens is 4. The summed E-state index contributed by atoms with van der Waals surface area (Å²) in [4.78, 5) is 31.8. The molecule has 0 aliphatic heterocycles. The van der Waals surface area contributed by atoms with Gasteiger partial charge in [0, 0.05) is 46.1 Å². The fourth-order valence-corrected chi connectivity index (χ4v) is 4.03. The maximum absolute atomic E-state index is 13.2.